The number of thioether (sulfide) groups is 1. The van der Waals surface area contributed by atoms with Gasteiger partial charge in [0.2, 0.25) is 0 Å². The normalized spacial score (nSPS) is 10.2. The number of rotatable bonds is 6. The van der Waals surface area contributed by atoms with Crippen molar-refractivity contribution >= 4 is 17.4 Å². The van der Waals surface area contributed by atoms with Gasteiger partial charge in [-0.3, -0.25) is 0 Å². The van der Waals surface area contributed by atoms with E-state index in [4.69, 9.17) is 19.9 Å². The maximum Gasteiger partial charge on any atom is 0.134 e. The first-order chi connectivity index (χ1) is 10.2. The quantitative estimate of drug-likeness (QED) is 0.653. The van der Waals surface area contributed by atoms with Crippen LogP contribution in [0.25, 0.3) is 0 Å². The van der Waals surface area contributed by atoms with Crippen LogP contribution in [-0.2, 0) is 5.75 Å². The van der Waals surface area contributed by atoms with Gasteiger partial charge in [-0.25, -0.2) is 0 Å². The van der Waals surface area contributed by atoms with Crippen LogP contribution in [0.4, 0.5) is 5.69 Å². The first-order valence-electron chi connectivity index (χ1n) is 6.45. The summed E-state index contributed by atoms with van der Waals surface area (Å²) in [7, 11) is 4.96. The molecular formula is C16H19NO3S. The topological polar surface area (TPSA) is 53.7 Å². The average Bonchev–Trinajstić information content (AvgIpc) is 2.53. The van der Waals surface area contributed by atoms with Crippen molar-refractivity contribution in [1.29, 1.82) is 0 Å². The molecular weight excluding hydrogens is 286 g/mol. The van der Waals surface area contributed by atoms with Crippen LogP contribution in [0.15, 0.2) is 41.3 Å². The molecule has 2 rings (SSSR count). The van der Waals surface area contributed by atoms with Gasteiger partial charge in [-0.1, -0.05) is 0 Å². The van der Waals surface area contributed by atoms with Gasteiger partial charge in [-0.2, -0.15) is 0 Å². The largest absolute Gasteiger partial charge is 0.497 e. The molecule has 0 atom stereocenters. The number of nitrogens with two attached hydrogens (primary N) is 1. The number of hydrogen-bond acceptors (Lipinski definition) is 5. The lowest BCUT2D eigenvalue weighted by atomic mass is 10.2. The summed E-state index contributed by atoms with van der Waals surface area (Å²) in [6.45, 7) is 0. The van der Waals surface area contributed by atoms with Gasteiger partial charge in [0.05, 0.1) is 21.3 Å². The van der Waals surface area contributed by atoms with Crippen molar-refractivity contribution in [3.05, 3.63) is 42.0 Å². The van der Waals surface area contributed by atoms with E-state index in [0.29, 0.717) is 5.69 Å². The van der Waals surface area contributed by atoms with E-state index in [-0.39, 0.29) is 0 Å². The molecule has 21 heavy (non-hydrogen) atoms. The summed E-state index contributed by atoms with van der Waals surface area (Å²) in [5.74, 6) is 3.19. The highest BCUT2D eigenvalue weighted by molar-refractivity contribution is 7.98. The molecule has 2 aromatic rings. The van der Waals surface area contributed by atoms with E-state index in [9.17, 15) is 0 Å². The van der Waals surface area contributed by atoms with Crippen molar-refractivity contribution in [1.82, 2.24) is 0 Å². The zero-order valence-electron chi connectivity index (χ0n) is 12.4. The molecule has 0 fully saturated rings. The Balaban J connectivity index is 2.19. The van der Waals surface area contributed by atoms with Gasteiger partial charge in [0.25, 0.3) is 0 Å². The second-order valence-corrected chi connectivity index (χ2v) is 5.39. The SMILES string of the molecule is COc1ccc(OC)c(CSc2ccc(N)cc2OC)c1. The van der Waals surface area contributed by atoms with E-state index >= 15 is 0 Å². The zero-order valence-corrected chi connectivity index (χ0v) is 13.2. The molecule has 0 aliphatic heterocycles. The molecule has 0 aliphatic carbocycles. The van der Waals surface area contributed by atoms with E-state index in [1.165, 1.54) is 0 Å². The second kappa shape index (κ2) is 7.13. The Kier molecular flexibility index (Phi) is 5.22. The minimum absolute atomic E-state index is 0.690. The number of methoxy groups -OCH3 is 3. The summed E-state index contributed by atoms with van der Waals surface area (Å²) in [6.07, 6.45) is 0. The van der Waals surface area contributed by atoms with Gasteiger partial charge in [0.15, 0.2) is 0 Å². The highest BCUT2D eigenvalue weighted by Crippen LogP contribution is 2.36. The number of nitrogen functional groups attached to an aromatic ring is 1. The number of ether oxygens (including phenoxy) is 3. The van der Waals surface area contributed by atoms with Crippen LogP contribution in [0.3, 0.4) is 0 Å². The average molecular weight is 305 g/mol. The van der Waals surface area contributed by atoms with Gasteiger partial charge < -0.3 is 19.9 Å². The Morgan fingerprint density at radius 3 is 2.33 bits per heavy atom. The maximum absolute atomic E-state index is 5.77. The number of hydrogen-bond donors (Lipinski definition) is 1. The first-order valence-corrected chi connectivity index (χ1v) is 7.43. The van der Waals surface area contributed by atoms with E-state index in [2.05, 4.69) is 0 Å². The van der Waals surface area contributed by atoms with Crippen LogP contribution in [0.5, 0.6) is 17.2 Å². The van der Waals surface area contributed by atoms with E-state index in [0.717, 1.165) is 33.5 Å². The minimum Gasteiger partial charge on any atom is -0.497 e. The molecule has 0 bridgehead atoms. The summed E-state index contributed by atoms with van der Waals surface area (Å²) in [5, 5.41) is 0. The molecule has 0 spiro atoms. The summed E-state index contributed by atoms with van der Waals surface area (Å²) >= 11 is 1.67. The smallest absolute Gasteiger partial charge is 0.134 e. The Morgan fingerprint density at radius 2 is 1.67 bits per heavy atom. The van der Waals surface area contributed by atoms with Gasteiger partial charge in [-0.15, -0.1) is 11.8 Å². The molecule has 0 saturated heterocycles. The molecule has 0 aromatic heterocycles. The van der Waals surface area contributed by atoms with Crippen LogP contribution in [-0.4, -0.2) is 21.3 Å². The van der Waals surface area contributed by atoms with E-state index in [1.54, 1.807) is 33.1 Å². The maximum atomic E-state index is 5.77. The molecule has 0 radical (unpaired) electrons. The summed E-state index contributed by atoms with van der Waals surface area (Å²) in [5.41, 5.74) is 7.53. The Hall–Kier alpha value is -2.01. The molecule has 112 valence electrons. The van der Waals surface area contributed by atoms with Crippen LogP contribution < -0.4 is 19.9 Å². The van der Waals surface area contributed by atoms with E-state index in [1.807, 2.05) is 36.4 Å². The summed E-state index contributed by atoms with van der Waals surface area (Å²) in [6, 6.07) is 11.4. The van der Waals surface area contributed by atoms with Gasteiger partial charge in [0.1, 0.15) is 17.2 Å². The predicted molar refractivity (Wildman–Crippen MR) is 86.5 cm³/mol. The van der Waals surface area contributed by atoms with Gasteiger partial charge in [-0.05, 0) is 30.3 Å². The van der Waals surface area contributed by atoms with Crippen molar-refractivity contribution in [2.24, 2.45) is 0 Å². The van der Waals surface area contributed by atoms with E-state index < -0.39 is 0 Å². The molecule has 5 heteroatoms. The Morgan fingerprint density at radius 1 is 0.905 bits per heavy atom. The molecule has 2 aromatic carbocycles. The molecule has 0 heterocycles. The third-order valence-corrected chi connectivity index (χ3v) is 4.16. The molecule has 0 aliphatic rings. The van der Waals surface area contributed by atoms with Crippen LogP contribution in [0.1, 0.15) is 5.56 Å². The van der Waals surface area contributed by atoms with Gasteiger partial charge >= 0.3 is 0 Å². The molecule has 2 N–H and O–H groups in total. The number of anilines is 1. The third-order valence-electron chi connectivity index (χ3n) is 3.06. The van der Waals surface area contributed by atoms with Crippen LogP contribution in [0, 0.1) is 0 Å². The highest BCUT2D eigenvalue weighted by Gasteiger charge is 2.09. The third kappa shape index (κ3) is 3.76. The lowest BCUT2D eigenvalue weighted by Gasteiger charge is -2.12. The van der Waals surface area contributed by atoms with Crippen molar-refractivity contribution < 1.29 is 14.2 Å². The molecule has 4 nitrogen and oxygen atoms in total. The summed E-state index contributed by atoms with van der Waals surface area (Å²) in [4.78, 5) is 1.04. The Bertz CT molecular complexity index is 616. The molecule has 0 amide bonds. The standard InChI is InChI=1S/C16H19NO3S/c1-18-13-5-6-14(19-2)11(8-13)10-21-16-7-4-12(17)9-15(16)20-3/h4-9H,10,17H2,1-3H3. The fraction of sp³-hybridized carbons (Fsp3) is 0.250. The molecule has 0 unspecified atom stereocenters. The predicted octanol–water partition coefficient (Wildman–Crippen LogP) is 3.59. The lowest BCUT2D eigenvalue weighted by Crippen LogP contribution is -1.94. The number of benzene rings is 2. The lowest BCUT2D eigenvalue weighted by molar-refractivity contribution is 0.400. The first kappa shape index (κ1) is 15.4. The fourth-order valence-corrected chi connectivity index (χ4v) is 2.94. The van der Waals surface area contributed by atoms with Gasteiger partial charge in [0, 0.05) is 28.0 Å². The molecule has 0 saturated carbocycles. The zero-order chi connectivity index (χ0) is 15.2. The van der Waals surface area contributed by atoms with Crippen molar-refractivity contribution in [2.75, 3.05) is 27.1 Å². The van der Waals surface area contributed by atoms with Crippen LogP contribution in [0.2, 0.25) is 0 Å². The second-order valence-electron chi connectivity index (χ2n) is 4.38. The Labute approximate surface area is 129 Å². The fourth-order valence-electron chi connectivity index (χ4n) is 1.95. The van der Waals surface area contributed by atoms with Crippen molar-refractivity contribution in [3.63, 3.8) is 0 Å². The monoisotopic (exact) mass is 305 g/mol. The minimum atomic E-state index is 0.690. The highest BCUT2D eigenvalue weighted by atomic mass is 32.2. The van der Waals surface area contributed by atoms with Crippen molar-refractivity contribution in [2.45, 2.75) is 10.6 Å². The summed E-state index contributed by atoms with van der Waals surface area (Å²) < 4.78 is 16.0. The van der Waals surface area contributed by atoms with Crippen LogP contribution >= 0.6 is 11.8 Å². The van der Waals surface area contributed by atoms with Crippen molar-refractivity contribution in [3.8, 4) is 17.2 Å².